The third kappa shape index (κ3) is 39.5. The first-order valence-electron chi connectivity index (χ1n) is 25.6. The van der Waals surface area contributed by atoms with Crippen LogP contribution < -0.4 is 0 Å². The zero-order valence-electron chi connectivity index (χ0n) is 39.9. The van der Waals surface area contributed by atoms with E-state index in [0.29, 0.717) is 27.4 Å². The lowest BCUT2D eigenvalue weighted by molar-refractivity contribution is -0.132. The van der Waals surface area contributed by atoms with E-state index in [9.17, 15) is 4.79 Å². The molecule has 0 saturated heterocycles. The molecule has 0 radical (unpaired) electrons. The Morgan fingerprint density at radius 2 is 0.596 bits per heavy atom. The largest absolute Gasteiger partial charge is 0.391 e. The molecular formula is C51H102O2S4. The minimum Gasteiger partial charge on any atom is -0.391 e. The third-order valence-corrected chi connectivity index (χ3v) is 17.7. The van der Waals surface area contributed by atoms with Gasteiger partial charge in [-0.1, -0.05) is 261 Å². The fraction of sp³-hybridized carbons (Fsp3) is 0.980. The van der Waals surface area contributed by atoms with Crippen molar-refractivity contribution in [3.05, 3.63) is 0 Å². The summed E-state index contributed by atoms with van der Waals surface area (Å²) in [5.74, 6) is 0.00751. The highest BCUT2D eigenvalue weighted by atomic mass is 32.3. The molecule has 0 heterocycles. The average Bonchev–Trinajstić information content (AvgIpc) is 3.18. The summed E-state index contributed by atoms with van der Waals surface area (Å²) in [4.78, 5) is 13.9. The molecule has 0 rings (SSSR count). The first kappa shape index (κ1) is 57.9. The van der Waals surface area contributed by atoms with Gasteiger partial charge in [0.15, 0.2) is 0 Å². The summed E-state index contributed by atoms with van der Waals surface area (Å²) in [7, 11) is 0. The molecule has 0 aromatic carbocycles. The molecule has 0 amide bonds. The van der Waals surface area contributed by atoms with E-state index < -0.39 is 0 Å². The molecule has 342 valence electrons. The van der Waals surface area contributed by atoms with E-state index in [1.54, 1.807) is 0 Å². The van der Waals surface area contributed by atoms with E-state index in [0.717, 1.165) is 6.42 Å². The highest BCUT2D eigenvalue weighted by Gasteiger charge is 2.40. The number of carbonyl (C=O) groups excluding carboxylic acids is 1. The summed E-state index contributed by atoms with van der Waals surface area (Å²) in [6, 6.07) is 0. The van der Waals surface area contributed by atoms with Crippen molar-refractivity contribution >= 4 is 53.3 Å². The zero-order chi connectivity index (χ0) is 42.1. The molecule has 0 aromatic heterocycles. The Balaban J connectivity index is 5.58. The molecule has 0 N–H and O–H groups in total. The van der Waals surface area contributed by atoms with Gasteiger partial charge in [0.2, 0.25) is 0 Å². The maximum Gasteiger partial charge on any atom is 0.321 e. The first-order chi connectivity index (χ1) is 27.7. The normalized spacial score (nSPS) is 15.0. The van der Waals surface area contributed by atoms with Gasteiger partial charge in [0.1, 0.15) is 3.41 Å². The van der Waals surface area contributed by atoms with Crippen molar-refractivity contribution < 1.29 is 8.98 Å². The van der Waals surface area contributed by atoms with Gasteiger partial charge in [0.25, 0.3) is 0 Å². The Labute approximate surface area is 377 Å². The van der Waals surface area contributed by atoms with Gasteiger partial charge >= 0.3 is 5.97 Å². The van der Waals surface area contributed by atoms with E-state index >= 15 is 0 Å². The summed E-state index contributed by atoms with van der Waals surface area (Å²) < 4.78 is 5.93. The van der Waals surface area contributed by atoms with Crippen molar-refractivity contribution in [3.63, 3.8) is 0 Å². The third-order valence-electron chi connectivity index (χ3n) is 11.7. The Kier molecular flexibility index (Phi) is 44.2. The molecule has 2 nitrogen and oxygen atoms in total. The second kappa shape index (κ2) is 43.5. The van der Waals surface area contributed by atoms with E-state index in [-0.39, 0.29) is 9.38 Å². The number of hydrogen-bond acceptors (Lipinski definition) is 6. The highest BCUT2D eigenvalue weighted by molar-refractivity contribution is 8.34. The van der Waals surface area contributed by atoms with Crippen molar-refractivity contribution in [3.8, 4) is 0 Å². The van der Waals surface area contributed by atoms with Crippen LogP contribution in [0.15, 0.2) is 0 Å². The van der Waals surface area contributed by atoms with E-state index in [4.69, 9.17) is 4.18 Å². The molecule has 57 heavy (non-hydrogen) atoms. The van der Waals surface area contributed by atoms with Gasteiger partial charge in [0.05, 0.1) is 18.5 Å². The number of rotatable bonds is 46. The van der Waals surface area contributed by atoms with Crippen molar-refractivity contribution in [2.75, 3.05) is 0 Å². The molecule has 0 aliphatic rings. The topological polar surface area (TPSA) is 26.3 Å². The Morgan fingerprint density at radius 3 is 0.860 bits per heavy atom. The minimum absolute atomic E-state index is 0.00751. The van der Waals surface area contributed by atoms with Crippen molar-refractivity contribution in [1.82, 2.24) is 0 Å². The van der Waals surface area contributed by atoms with Gasteiger partial charge in [-0.2, -0.15) is 0 Å². The van der Waals surface area contributed by atoms with Crippen LogP contribution >= 0.6 is 47.3 Å². The summed E-state index contributed by atoms with van der Waals surface area (Å²) in [5.41, 5.74) is 0. The molecule has 0 saturated carbocycles. The van der Waals surface area contributed by atoms with Gasteiger partial charge in [-0.3, -0.25) is 4.79 Å². The molecule has 0 aromatic rings. The van der Waals surface area contributed by atoms with Crippen molar-refractivity contribution in [2.45, 2.75) is 317 Å². The molecule has 0 aliphatic carbocycles. The monoisotopic (exact) mass is 875 g/mol. The lowest BCUT2D eigenvalue weighted by atomic mass is 10.1. The second-order valence-electron chi connectivity index (χ2n) is 18.1. The van der Waals surface area contributed by atoms with Gasteiger partial charge in [-0.05, 0) is 25.7 Å². The summed E-state index contributed by atoms with van der Waals surface area (Å²) in [5, 5.41) is 1.98. The molecule has 0 bridgehead atoms. The zero-order valence-corrected chi connectivity index (χ0v) is 43.2. The van der Waals surface area contributed by atoms with Crippen LogP contribution in [-0.2, 0) is 8.98 Å². The summed E-state index contributed by atoms with van der Waals surface area (Å²) >= 11 is 7.87. The Hall–Kier alpha value is 0.870. The van der Waals surface area contributed by atoms with Crippen molar-refractivity contribution in [1.29, 1.82) is 0 Å². The molecule has 0 aliphatic heterocycles. The lowest BCUT2D eigenvalue weighted by Crippen LogP contribution is -2.29. The van der Waals surface area contributed by atoms with Gasteiger partial charge in [-0.15, -0.1) is 35.3 Å². The van der Waals surface area contributed by atoms with Crippen LogP contribution in [0.5, 0.6) is 0 Å². The average molecular weight is 876 g/mol. The van der Waals surface area contributed by atoms with Crippen LogP contribution in [0.4, 0.5) is 0 Å². The van der Waals surface area contributed by atoms with Crippen LogP contribution in [-0.4, -0.2) is 30.4 Å². The Morgan fingerprint density at radius 1 is 0.368 bits per heavy atom. The molecule has 4 atom stereocenters. The van der Waals surface area contributed by atoms with Crippen LogP contribution in [0.1, 0.15) is 293 Å². The first-order valence-corrected chi connectivity index (χ1v) is 29.1. The van der Waals surface area contributed by atoms with Gasteiger partial charge < -0.3 is 4.18 Å². The molecular weight excluding hydrogens is 773 g/mol. The molecule has 0 spiro atoms. The lowest BCUT2D eigenvalue weighted by Gasteiger charge is -2.38. The van der Waals surface area contributed by atoms with Crippen molar-refractivity contribution in [2.24, 2.45) is 0 Å². The summed E-state index contributed by atoms with van der Waals surface area (Å²) in [6.45, 7) is 18.8. The van der Waals surface area contributed by atoms with E-state index in [1.165, 1.54) is 237 Å². The second-order valence-corrected chi connectivity index (χ2v) is 25.2. The standard InChI is InChI=1S/C51H102O2S4/c1-9-13-17-21-25-29-33-37-41-46(5)54-51(55-47(6)42-38-34-30-26-22-18-14-10-2,56-48(7)43-39-35-31-27-23-19-15-11-3)45-50(52)53-57-49(8)44-40-36-32-28-24-20-16-12-4/h46-49H,9-45H2,1-8H3. The van der Waals surface area contributed by atoms with E-state index in [1.807, 2.05) is 0 Å². The molecule has 4 unspecified atom stereocenters. The minimum atomic E-state index is -0.197. The van der Waals surface area contributed by atoms with E-state index in [2.05, 4.69) is 90.7 Å². The fourth-order valence-electron chi connectivity index (χ4n) is 7.96. The molecule has 6 heteroatoms. The molecule has 0 fully saturated rings. The van der Waals surface area contributed by atoms with Crippen LogP contribution in [0.2, 0.25) is 0 Å². The maximum absolute atomic E-state index is 13.9. The number of unbranched alkanes of at least 4 members (excludes halogenated alkanes) is 28. The van der Waals surface area contributed by atoms with Gasteiger partial charge in [0, 0.05) is 21.0 Å². The predicted molar refractivity (Wildman–Crippen MR) is 271 cm³/mol. The fourth-order valence-corrected chi connectivity index (χ4v) is 15.5. The number of hydrogen-bond donors (Lipinski definition) is 0. The number of thioether (sulfide) groups is 3. The quantitative estimate of drug-likeness (QED) is 0.0343. The van der Waals surface area contributed by atoms with Crippen LogP contribution in [0.3, 0.4) is 0 Å². The highest BCUT2D eigenvalue weighted by Crippen LogP contribution is 2.56. The van der Waals surface area contributed by atoms with Crippen LogP contribution in [0, 0.1) is 0 Å². The summed E-state index contributed by atoms with van der Waals surface area (Å²) in [6.07, 6.45) is 49.0. The predicted octanol–water partition coefficient (Wildman–Crippen LogP) is 20.1. The number of carbonyl (C=O) groups is 1. The Bertz CT molecular complexity index is 756. The smallest absolute Gasteiger partial charge is 0.321 e. The maximum atomic E-state index is 13.9. The SMILES string of the molecule is CCCCCCCCCCC(C)SOC(=O)CC(SC(C)CCCCCCCCCC)(SC(C)CCCCCCCCCC)SC(C)CCCCCCCCCC. The van der Waals surface area contributed by atoms with Crippen LogP contribution in [0.25, 0.3) is 0 Å². The van der Waals surface area contributed by atoms with Gasteiger partial charge in [-0.25, -0.2) is 0 Å².